The van der Waals surface area contributed by atoms with Crippen LogP contribution in [0.15, 0.2) is 44.3 Å². The van der Waals surface area contributed by atoms with E-state index in [1.807, 2.05) is 6.92 Å². The van der Waals surface area contributed by atoms with Gasteiger partial charge in [0.2, 0.25) is 0 Å². The number of hydrogen-bond donors (Lipinski definition) is 2. The summed E-state index contributed by atoms with van der Waals surface area (Å²) < 4.78 is 28.5. The highest BCUT2D eigenvalue weighted by molar-refractivity contribution is 9.10. The molecule has 0 radical (unpaired) electrons. The van der Waals surface area contributed by atoms with E-state index in [4.69, 9.17) is 5.73 Å². The molecule has 20 heavy (non-hydrogen) atoms. The van der Waals surface area contributed by atoms with E-state index >= 15 is 0 Å². The Morgan fingerprint density at radius 1 is 1.25 bits per heavy atom. The molecule has 2 aromatic rings. The van der Waals surface area contributed by atoms with Crippen molar-refractivity contribution in [1.29, 1.82) is 0 Å². The van der Waals surface area contributed by atoms with Gasteiger partial charge in [-0.15, -0.1) is 0 Å². The van der Waals surface area contributed by atoms with Crippen molar-refractivity contribution in [3.63, 3.8) is 0 Å². The third-order valence-corrected chi connectivity index (χ3v) is 5.28. The van der Waals surface area contributed by atoms with Crippen LogP contribution in [0.4, 0.5) is 11.5 Å². The Bertz CT molecular complexity index is 763. The second-order valence-corrected chi connectivity index (χ2v) is 7.53. The van der Waals surface area contributed by atoms with Crippen LogP contribution in [0.25, 0.3) is 0 Å². The van der Waals surface area contributed by atoms with Gasteiger partial charge in [-0.25, -0.2) is 13.4 Å². The van der Waals surface area contributed by atoms with Crippen LogP contribution in [0.5, 0.6) is 0 Å². The number of rotatable bonds is 3. The first-order chi connectivity index (χ1) is 9.29. The van der Waals surface area contributed by atoms with Crippen molar-refractivity contribution in [2.75, 3.05) is 10.5 Å². The number of sulfonamides is 1. The zero-order valence-corrected chi connectivity index (χ0v) is 14.4. The summed E-state index contributed by atoms with van der Waals surface area (Å²) >= 11 is 6.53. The van der Waals surface area contributed by atoms with E-state index in [1.54, 1.807) is 12.1 Å². The van der Waals surface area contributed by atoms with E-state index in [2.05, 4.69) is 41.6 Å². The quantitative estimate of drug-likeness (QED) is 0.746. The zero-order chi connectivity index (χ0) is 14.9. The molecule has 0 aliphatic rings. The van der Waals surface area contributed by atoms with Crippen molar-refractivity contribution in [3.8, 4) is 0 Å². The van der Waals surface area contributed by atoms with E-state index in [-0.39, 0.29) is 16.4 Å². The number of anilines is 2. The molecular weight excluding hydrogens is 410 g/mol. The van der Waals surface area contributed by atoms with Crippen LogP contribution in [0.1, 0.15) is 5.56 Å². The number of pyridine rings is 1. The molecule has 1 aromatic carbocycles. The maximum absolute atomic E-state index is 12.3. The van der Waals surface area contributed by atoms with Crippen LogP contribution >= 0.6 is 31.9 Å². The van der Waals surface area contributed by atoms with Gasteiger partial charge in [-0.1, -0.05) is 15.9 Å². The minimum atomic E-state index is -3.78. The molecule has 2 rings (SSSR count). The topological polar surface area (TPSA) is 85.1 Å². The normalized spacial score (nSPS) is 11.3. The van der Waals surface area contributed by atoms with Gasteiger partial charge in [-0.3, -0.25) is 4.72 Å². The van der Waals surface area contributed by atoms with Crippen molar-refractivity contribution in [2.24, 2.45) is 0 Å². The summed E-state index contributed by atoms with van der Waals surface area (Å²) in [4.78, 5) is 4.02. The van der Waals surface area contributed by atoms with Crippen LogP contribution in [0.3, 0.4) is 0 Å². The molecule has 0 unspecified atom stereocenters. The molecule has 0 spiro atoms. The number of nitrogens with one attached hydrogen (secondary N) is 1. The number of aryl methyl sites for hydroxylation is 1. The van der Waals surface area contributed by atoms with E-state index in [9.17, 15) is 8.42 Å². The molecule has 8 heteroatoms. The van der Waals surface area contributed by atoms with Gasteiger partial charge < -0.3 is 5.73 Å². The van der Waals surface area contributed by atoms with E-state index in [1.165, 1.54) is 18.3 Å². The number of nitrogens with zero attached hydrogens (tertiary/aromatic N) is 1. The highest BCUT2D eigenvalue weighted by Gasteiger charge is 2.18. The van der Waals surface area contributed by atoms with Crippen LogP contribution in [-0.4, -0.2) is 13.4 Å². The van der Waals surface area contributed by atoms with Gasteiger partial charge in [0, 0.05) is 15.1 Å². The molecule has 0 saturated heterocycles. The van der Waals surface area contributed by atoms with Crippen molar-refractivity contribution < 1.29 is 8.42 Å². The van der Waals surface area contributed by atoms with Crippen LogP contribution in [-0.2, 0) is 10.0 Å². The van der Waals surface area contributed by atoms with Gasteiger partial charge in [0.05, 0.1) is 5.69 Å². The number of nitrogen functional groups attached to an aromatic ring is 1. The summed E-state index contributed by atoms with van der Waals surface area (Å²) in [7, 11) is -3.78. The van der Waals surface area contributed by atoms with Crippen LogP contribution in [0.2, 0.25) is 0 Å². The third kappa shape index (κ3) is 3.31. The molecule has 106 valence electrons. The summed E-state index contributed by atoms with van der Waals surface area (Å²) in [6, 6.07) is 6.29. The fourth-order valence-electron chi connectivity index (χ4n) is 1.53. The maximum Gasteiger partial charge on any atom is 0.265 e. The SMILES string of the molecule is Cc1cc(NS(=O)(=O)c2cc(Br)ccc2N)ncc1Br. The van der Waals surface area contributed by atoms with Gasteiger partial charge in [0.1, 0.15) is 10.7 Å². The van der Waals surface area contributed by atoms with Gasteiger partial charge >= 0.3 is 0 Å². The molecule has 5 nitrogen and oxygen atoms in total. The monoisotopic (exact) mass is 419 g/mol. The zero-order valence-electron chi connectivity index (χ0n) is 10.4. The minimum absolute atomic E-state index is 0.00856. The Balaban J connectivity index is 2.40. The lowest BCUT2D eigenvalue weighted by Gasteiger charge is -2.10. The molecule has 0 fully saturated rings. The number of aromatic nitrogens is 1. The Kier molecular flexibility index (Phi) is 4.36. The fraction of sp³-hybridized carbons (Fsp3) is 0.0833. The lowest BCUT2D eigenvalue weighted by atomic mass is 10.3. The van der Waals surface area contributed by atoms with Crippen molar-refractivity contribution in [1.82, 2.24) is 4.98 Å². The molecule has 1 aromatic heterocycles. The Morgan fingerprint density at radius 3 is 2.60 bits per heavy atom. The molecule has 3 N–H and O–H groups in total. The standard InChI is InChI=1S/C12H11Br2N3O2S/c1-7-4-12(16-6-9(7)14)17-20(18,19)11-5-8(13)2-3-10(11)15/h2-6H,15H2,1H3,(H,16,17). The minimum Gasteiger partial charge on any atom is -0.398 e. The first-order valence-electron chi connectivity index (χ1n) is 5.49. The highest BCUT2D eigenvalue weighted by atomic mass is 79.9. The second-order valence-electron chi connectivity index (χ2n) is 4.11. The Morgan fingerprint density at radius 2 is 1.95 bits per heavy atom. The second kappa shape index (κ2) is 5.71. The summed E-state index contributed by atoms with van der Waals surface area (Å²) in [5, 5.41) is 0. The molecule has 0 amide bonds. The summed E-state index contributed by atoms with van der Waals surface area (Å²) in [5.41, 5.74) is 6.77. The predicted molar refractivity (Wildman–Crippen MR) is 86.0 cm³/mol. The number of benzene rings is 1. The molecular formula is C12H11Br2N3O2S. The van der Waals surface area contributed by atoms with Crippen LogP contribution in [0, 0.1) is 6.92 Å². The molecule has 0 aliphatic heterocycles. The number of nitrogens with two attached hydrogens (primary N) is 1. The highest BCUT2D eigenvalue weighted by Crippen LogP contribution is 2.25. The first kappa shape index (κ1) is 15.3. The van der Waals surface area contributed by atoms with E-state index < -0.39 is 10.0 Å². The van der Waals surface area contributed by atoms with Crippen LogP contribution < -0.4 is 10.5 Å². The predicted octanol–water partition coefficient (Wildman–Crippen LogP) is 3.30. The molecule has 0 atom stereocenters. The van der Waals surface area contributed by atoms with Crippen molar-refractivity contribution in [3.05, 3.63) is 45.0 Å². The van der Waals surface area contributed by atoms with E-state index in [0.717, 1.165) is 10.0 Å². The number of hydrogen-bond acceptors (Lipinski definition) is 4. The largest absolute Gasteiger partial charge is 0.398 e. The van der Waals surface area contributed by atoms with Gasteiger partial charge in [-0.05, 0) is 52.7 Å². The van der Waals surface area contributed by atoms with Crippen molar-refractivity contribution >= 4 is 53.4 Å². The smallest absolute Gasteiger partial charge is 0.265 e. The maximum atomic E-state index is 12.3. The van der Waals surface area contributed by atoms with Gasteiger partial charge in [0.15, 0.2) is 0 Å². The summed E-state index contributed by atoms with van der Waals surface area (Å²) in [6.45, 7) is 1.84. The summed E-state index contributed by atoms with van der Waals surface area (Å²) in [5.74, 6) is 0.241. The van der Waals surface area contributed by atoms with Gasteiger partial charge in [0.25, 0.3) is 10.0 Å². The Labute approximate surface area is 133 Å². The average Bonchev–Trinajstić information content (AvgIpc) is 2.36. The first-order valence-corrected chi connectivity index (χ1v) is 8.56. The molecule has 0 aliphatic carbocycles. The lowest BCUT2D eigenvalue weighted by molar-refractivity contribution is 0.601. The lowest BCUT2D eigenvalue weighted by Crippen LogP contribution is -2.15. The molecule has 0 saturated carbocycles. The number of halogens is 2. The average molecular weight is 421 g/mol. The fourth-order valence-corrected chi connectivity index (χ4v) is 3.42. The third-order valence-electron chi connectivity index (χ3n) is 2.55. The Hall–Kier alpha value is -1.12. The van der Waals surface area contributed by atoms with E-state index in [0.29, 0.717) is 4.47 Å². The molecule has 1 heterocycles. The molecule has 0 bridgehead atoms. The van der Waals surface area contributed by atoms with Crippen molar-refractivity contribution in [2.45, 2.75) is 11.8 Å². The van der Waals surface area contributed by atoms with Gasteiger partial charge in [-0.2, -0.15) is 0 Å². The summed E-state index contributed by atoms with van der Waals surface area (Å²) in [6.07, 6.45) is 1.54.